The number of aliphatic imine (C=N–C) groups is 1. The molecule has 70 valence electrons. The zero-order valence-electron chi connectivity index (χ0n) is 7.92. The van der Waals surface area contributed by atoms with Crippen LogP contribution in [0.15, 0.2) is 33.6 Å². The van der Waals surface area contributed by atoms with Crippen LogP contribution in [0, 0.1) is 6.58 Å². The molecule has 3 nitrogen and oxygen atoms in total. The van der Waals surface area contributed by atoms with Crippen molar-refractivity contribution in [1.29, 1.82) is 0 Å². The van der Waals surface area contributed by atoms with Gasteiger partial charge in [0, 0.05) is 12.7 Å². The van der Waals surface area contributed by atoms with Crippen LogP contribution in [-0.2, 0) is 9.59 Å². The van der Waals surface area contributed by atoms with Crippen molar-refractivity contribution in [2.45, 2.75) is 13.8 Å². The molecule has 0 unspecified atom stereocenters. The van der Waals surface area contributed by atoms with Crippen LogP contribution < -0.4 is 0 Å². The summed E-state index contributed by atoms with van der Waals surface area (Å²) in [4.78, 5) is 22.2. The van der Waals surface area contributed by atoms with Crippen molar-refractivity contribution in [3.8, 4) is 0 Å². The molecule has 0 aromatic heterocycles. The third-order valence-electron chi connectivity index (χ3n) is 0.529. The van der Waals surface area contributed by atoms with Crippen LogP contribution in [0.5, 0.6) is 0 Å². The first-order valence-corrected chi connectivity index (χ1v) is 3.50. The van der Waals surface area contributed by atoms with E-state index in [1.165, 1.54) is 13.8 Å². The number of aldehydes is 1. The minimum atomic E-state index is -0.343. The quantitative estimate of drug-likeness (QED) is 0.247. The van der Waals surface area contributed by atoms with Crippen LogP contribution in [0.2, 0.25) is 0 Å². The topological polar surface area (TPSA) is 46.5 Å². The van der Waals surface area contributed by atoms with Gasteiger partial charge in [-0.1, -0.05) is 0 Å². The molecule has 0 saturated carbocycles. The highest BCUT2D eigenvalue weighted by Gasteiger charge is 1.74. The van der Waals surface area contributed by atoms with Gasteiger partial charge in [-0.3, -0.25) is 10.5 Å². The van der Waals surface area contributed by atoms with E-state index in [0.29, 0.717) is 0 Å². The van der Waals surface area contributed by atoms with Gasteiger partial charge in [-0.15, -0.1) is 5.73 Å². The van der Waals surface area contributed by atoms with Crippen molar-refractivity contribution in [3.63, 3.8) is 0 Å². The Hall–Kier alpha value is -2.31. The molecule has 0 aromatic carbocycles. The summed E-state index contributed by atoms with van der Waals surface area (Å²) in [6, 6.07) is 0. The van der Waals surface area contributed by atoms with Crippen LogP contribution >= 0.6 is 0 Å². The molecule has 0 aliphatic rings. The van der Waals surface area contributed by atoms with E-state index in [4.69, 9.17) is 11.4 Å². The van der Waals surface area contributed by atoms with Gasteiger partial charge in [-0.25, -0.2) is 12.3 Å². The maximum Gasteiger partial charge on any atom is 0.251 e. The molecule has 0 saturated heterocycles. The molecule has 0 aliphatic carbocycles. The molecule has 0 atom stereocenters. The molecule has 0 heterocycles. The number of carbonyl (C=O) groups excluding carboxylic acids is 2. The van der Waals surface area contributed by atoms with E-state index >= 15 is 0 Å². The zero-order chi connectivity index (χ0) is 11.2. The zero-order valence-corrected chi connectivity index (χ0v) is 7.92. The number of amides is 1. The minimum Gasteiger partial charge on any atom is -0.304 e. The second-order valence-electron chi connectivity index (χ2n) is 1.62. The summed E-state index contributed by atoms with van der Waals surface area (Å²) >= 11 is 0. The van der Waals surface area contributed by atoms with Crippen LogP contribution in [-0.4, -0.2) is 18.1 Å². The molecule has 0 radical (unpaired) electrons. The van der Waals surface area contributed by atoms with E-state index in [1.807, 2.05) is 0 Å². The van der Waals surface area contributed by atoms with Gasteiger partial charge in [0.05, 0.1) is 5.87 Å². The van der Waals surface area contributed by atoms with Gasteiger partial charge in [0.2, 0.25) is 0 Å². The lowest BCUT2D eigenvalue weighted by atomic mass is 10.7. The molecule has 1 amide bonds. The smallest absolute Gasteiger partial charge is 0.251 e. The second kappa shape index (κ2) is 13.3. The molecule has 0 rings (SSSR count). The average Bonchev–Trinajstić information content (AvgIpc) is 2.12. The van der Waals surface area contributed by atoms with E-state index in [0.717, 1.165) is 6.29 Å². The lowest BCUT2D eigenvalue weighted by Gasteiger charge is -1.64. The van der Waals surface area contributed by atoms with Crippen LogP contribution in [0.25, 0.3) is 0 Å². The van der Waals surface area contributed by atoms with Crippen LogP contribution in [0.1, 0.15) is 13.8 Å². The molecule has 0 fully saturated rings. The normalized spacial score (nSPS) is 5.00. The van der Waals surface area contributed by atoms with E-state index in [-0.39, 0.29) is 5.91 Å². The molecule has 14 heavy (non-hydrogen) atoms. The fourth-order valence-electron chi connectivity index (χ4n) is 0.233. The Morgan fingerprint density at radius 3 is 2.21 bits per heavy atom. The highest BCUT2D eigenvalue weighted by Crippen LogP contribution is 1.62. The van der Waals surface area contributed by atoms with Crippen molar-refractivity contribution in [2.24, 2.45) is 4.99 Å². The Morgan fingerprint density at radius 2 is 1.79 bits per heavy atom. The number of rotatable bonds is 0. The molecule has 3 heteroatoms. The van der Waals surface area contributed by atoms with Gasteiger partial charge in [0.1, 0.15) is 6.29 Å². The summed E-state index contributed by atoms with van der Waals surface area (Å²) in [7, 11) is 0. The van der Waals surface area contributed by atoms with Crippen molar-refractivity contribution in [2.75, 3.05) is 0 Å². The van der Waals surface area contributed by atoms with Crippen molar-refractivity contribution in [1.82, 2.24) is 0 Å². The minimum absolute atomic E-state index is 0.343. The third kappa shape index (κ3) is 22.6. The van der Waals surface area contributed by atoms with Crippen molar-refractivity contribution >= 4 is 18.1 Å². The molecular formula is C11H8NO2-. The molecular weight excluding hydrogens is 178 g/mol. The fourth-order valence-corrected chi connectivity index (χ4v) is 0.233. The van der Waals surface area contributed by atoms with Gasteiger partial charge in [0.15, 0.2) is 0 Å². The summed E-state index contributed by atoms with van der Waals surface area (Å²) < 4.78 is 0. The van der Waals surface area contributed by atoms with E-state index in [2.05, 4.69) is 39.5 Å². The van der Waals surface area contributed by atoms with Crippen LogP contribution in [0.4, 0.5) is 0 Å². The standard InChI is InChI=1S/C9H4NO.C2H4O/c1-3-4-5-6-7-8-10-9(2)11;1-2-3/h1H,2H3;2H,1H3/q-1;. The Bertz CT molecular complexity index is 410. The Morgan fingerprint density at radius 1 is 1.29 bits per heavy atom. The van der Waals surface area contributed by atoms with Gasteiger partial charge in [-0.2, -0.15) is 4.99 Å². The largest absolute Gasteiger partial charge is 0.304 e. The Labute approximate surface area is 82.5 Å². The fraction of sp³-hybridized carbons (Fsp3) is 0.182. The summed E-state index contributed by atoms with van der Waals surface area (Å²) in [5.41, 5.74) is 11.3. The predicted octanol–water partition coefficient (Wildman–Crippen LogP) is 1.17. The van der Waals surface area contributed by atoms with Crippen molar-refractivity contribution in [3.05, 3.63) is 35.2 Å². The molecule has 0 aromatic rings. The van der Waals surface area contributed by atoms with E-state index in [9.17, 15) is 4.79 Å². The van der Waals surface area contributed by atoms with Gasteiger partial charge in [0.25, 0.3) is 5.91 Å². The SMILES string of the molecule is CC=O.[CH-]=C=C=C=C=C=C=NC(C)=O. The lowest BCUT2D eigenvalue weighted by molar-refractivity contribution is -0.115. The predicted molar refractivity (Wildman–Crippen MR) is 51.7 cm³/mol. The summed E-state index contributed by atoms with van der Waals surface area (Å²) in [6.45, 7) is 7.55. The second-order valence-corrected chi connectivity index (χ2v) is 1.62. The monoisotopic (exact) mass is 186 g/mol. The first-order chi connectivity index (χ1) is 6.68. The van der Waals surface area contributed by atoms with Gasteiger partial charge < -0.3 is 4.79 Å². The molecule has 0 aliphatic heterocycles. The summed E-state index contributed by atoms with van der Waals surface area (Å²) in [5, 5.41) is 0. The third-order valence-corrected chi connectivity index (χ3v) is 0.529. The molecule has 0 bridgehead atoms. The highest BCUT2D eigenvalue weighted by atomic mass is 16.1. The number of hydrogen-bond donors (Lipinski definition) is 0. The van der Waals surface area contributed by atoms with Gasteiger partial charge >= 0.3 is 0 Å². The number of hydrogen-bond acceptors (Lipinski definition) is 2. The maximum atomic E-state index is 10.2. The summed E-state index contributed by atoms with van der Waals surface area (Å²) in [5.74, 6) is 1.84. The summed E-state index contributed by atoms with van der Waals surface area (Å²) in [6.07, 6.45) is 0.750. The first-order valence-electron chi connectivity index (χ1n) is 3.50. The lowest BCUT2D eigenvalue weighted by Crippen LogP contribution is -1.77. The average molecular weight is 186 g/mol. The Balaban J connectivity index is 0. The van der Waals surface area contributed by atoms with Crippen molar-refractivity contribution < 1.29 is 9.59 Å². The highest BCUT2D eigenvalue weighted by molar-refractivity contribution is 5.80. The molecule has 0 spiro atoms. The maximum absolute atomic E-state index is 10.2. The van der Waals surface area contributed by atoms with Gasteiger partial charge in [-0.05, 0) is 12.7 Å². The van der Waals surface area contributed by atoms with E-state index in [1.54, 1.807) is 0 Å². The number of carbonyl (C=O) groups is 2. The first kappa shape index (κ1) is 14.2. The van der Waals surface area contributed by atoms with E-state index < -0.39 is 0 Å². The Kier molecular flexibility index (Phi) is 13.5. The number of nitrogens with zero attached hydrogens (tertiary/aromatic N) is 1. The molecule has 0 N–H and O–H groups in total. The van der Waals surface area contributed by atoms with Crippen LogP contribution in [0.3, 0.4) is 0 Å².